The van der Waals surface area contributed by atoms with E-state index in [1.165, 1.54) is 19.3 Å². The highest BCUT2D eigenvalue weighted by atomic mass is 16.2. The molecule has 1 saturated heterocycles. The maximum absolute atomic E-state index is 11.9. The molecular formula is C14H25N3O2. The average molecular weight is 267 g/mol. The minimum atomic E-state index is -0.100. The first kappa shape index (κ1) is 14.3. The van der Waals surface area contributed by atoms with Crippen molar-refractivity contribution < 1.29 is 9.59 Å². The van der Waals surface area contributed by atoms with Crippen molar-refractivity contribution in [1.82, 2.24) is 15.1 Å². The van der Waals surface area contributed by atoms with Gasteiger partial charge in [0.15, 0.2) is 0 Å². The maximum atomic E-state index is 11.9. The van der Waals surface area contributed by atoms with Gasteiger partial charge in [0.1, 0.15) is 0 Å². The van der Waals surface area contributed by atoms with Gasteiger partial charge in [-0.2, -0.15) is 0 Å². The number of nitrogens with one attached hydrogen (secondary N) is 1. The van der Waals surface area contributed by atoms with Crippen LogP contribution in [0.25, 0.3) is 0 Å². The highest BCUT2D eigenvalue weighted by molar-refractivity contribution is 5.80. The Morgan fingerprint density at radius 2 is 1.95 bits per heavy atom. The van der Waals surface area contributed by atoms with Gasteiger partial charge < -0.3 is 15.1 Å². The maximum Gasteiger partial charge on any atom is 0.225 e. The van der Waals surface area contributed by atoms with Gasteiger partial charge in [0.05, 0.1) is 5.92 Å². The van der Waals surface area contributed by atoms with Crippen molar-refractivity contribution in [3.8, 4) is 0 Å². The quantitative estimate of drug-likeness (QED) is 0.801. The third-order valence-corrected chi connectivity index (χ3v) is 4.41. The summed E-state index contributed by atoms with van der Waals surface area (Å²) in [7, 11) is 1.67. The van der Waals surface area contributed by atoms with Crippen LogP contribution in [0.2, 0.25) is 0 Å². The molecule has 2 fully saturated rings. The lowest BCUT2D eigenvalue weighted by Gasteiger charge is -2.32. The van der Waals surface area contributed by atoms with Crippen LogP contribution in [-0.4, -0.2) is 61.4 Å². The molecule has 108 valence electrons. The van der Waals surface area contributed by atoms with Crippen LogP contribution in [0.1, 0.15) is 26.2 Å². The molecule has 5 heteroatoms. The normalized spacial score (nSPS) is 25.6. The van der Waals surface area contributed by atoms with Gasteiger partial charge in [0.2, 0.25) is 11.8 Å². The Morgan fingerprint density at radius 3 is 2.47 bits per heavy atom. The van der Waals surface area contributed by atoms with E-state index in [1.54, 1.807) is 18.9 Å². The molecule has 2 rings (SSSR count). The van der Waals surface area contributed by atoms with E-state index in [2.05, 4.69) is 10.2 Å². The lowest BCUT2D eigenvalue weighted by molar-refractivity contribution is -0.130. The molecule has 0 spiro atoms. The smallest absolute Gasteiger partial charge is 0.225 e. The van der Waals surface area contributed by atoms with Gasteiger partial charge in [-0.05, 0) is 18.8 Å². The van der Waals surface area contributed by atoms with Crippen molar-refractivity contribution in [3.05, 3.63) is 0 Å². The number of amides is 2. The number of hydrogen-bond acceptors (Lipinski definition) is 3. The molecule has 2 aliphatic rings. The molecule has 0 aromatic rings. The monoisotopic (exact) mass is 267 g/mol. The highest BCUT2D eigenvalue weighted by Crippen LogP contribution is 2.27. The molecule has 5 nitrogen and oxygen atoms in total. The second-order valence-corrected chi connectivity index (χ2v) is 5.83. The van der Waals surface area contributed by atoms with E-state index in [1.807, 2.05) is 0 Å². The molecule has 0 radical (unpaired) electrons. The Balaban J connectivity index is 1.98. The first-order chi connectivity index (χ1) is 9.10. The van der Waals surface area contributed by atoms with E-state index in [0.29, 0.717) is 6.54 Å². The molecule has 19 heavy (non-hydrogen) atoms. The molecule has 1 atom stereocenters. The van der Waals surface area contributed by atoms with Crippen LogP contribution in [0.15, 0.2) is 0 Å². The third kappa shape index (κ3) is 3.69. The zero-order valence-electron chi connectivity index (χ0n) is 12.0. The highest BCUT2D eigenvalue weighted by Gasteiger charge is 2.30. The van der Waals surface area contributed by atoms with Crippen LogP contribution in [0, 0.1) is 11.8 Å². The Labute approximate surface area is 115 Å². The van der Waals surface area contributed by atoms with Crippen molar-refractivity contribution in [2.24, 2.45) is 11.8 Å². The number of carbonyl (C=O) groups is 2. The van der Waals surface area contributed by atoms with Crippen molar-refractivity contribution in [1.29, 1.82) is 0 Å². The van der Waals surface area contributed by atoms with Gasteiger partial charge in [0, 0.05) is 46.7 Å². The molecule has 0 aromatic carbocycles. The summed E-state index contributed by atoms with van der Waals surface area (Å²) in [4.78, 5) is 27.7. The summed E-state index contributed by atoms with van der Waals surface area (Å²) in [5.41, 5.74) is 0. The number of rotatable bonds is 3. The van der Waals surface area contributed by atoms with E-state index >= 15 is 0 Å². The summed E-state index contributed by atoms with van der Waals surface area (Å²) in [5, 5.41) is 2.72. The zero-order valence-corrected chi connectivity index (χ0v) is 12.0. The Morgan fingerprint density at radius 1 is 1.21 bits per heavy atom. The first-order valence-corrected chi connectivity index (χ1v) is 7.29. The summed E-state index contributed by atoms with van der Waals surface area (Å²) < 4.78 is 0. The van der Waals surface area contributed by atoms with Gasteiger partial charge >= 0.3 is 0 Å². The third-order valence-electron chi connectivity index (χ3n) is 4.41. The van der Waals surface area contributed by atoms with Crippen LogP contribution in [0.3, 0.4) is 0 Å². The molecule has 1 aliphatic heterocycles. The summed E-state index contributed by atoms with van der Waals surface area (Å²) in [6.45, 7) is 5.64. The minimum absolute atomic E-state index is 0.0479. The second kappa shape index (κ2) is 6.37. The topological polar surface area (TPSA) is 52.7 Å². The predicted molar refractivity (Wildman–Crippen MR) is 73.6 cm³/mol. The second-order valence-electron chi connectivity index (χ2n) is 5.83. The van der Waals surface area contributed by atoms with Crippen LogP contribution in [0.5, 0.6) is 0 Å². The standard InChI is InChI=1S/C14H25N3O2/c1-11(18)17-7-6-16(8-12-4-3-5-12)9-13(10-17)14(19)15-2/h12-13H,3-10H2,1-2H3,(H,15,19)/t13-/m0/s1. The molecule has 1 heterocycles. The van der Waals surface area contributed by atoms with Gasteiger partial charge in [-0.25, -0.2) is 0 Å². The molecule has 2 amide bonds. The predicted octanol–water partition coefficient (Wildman–Crippen LogP) is 0.313. The first-order valence-electron chi connectivity index (χ1n) is 7.29. The Kier molecular flexibility index (Phi) is 4.80. The zero-order chi connectivity index (χ0) is 13.8. The molecule has 0 bridgehead atoms. The molecule has 1 saturated carbocycles. The van der Waals surface area contributed by atoms with E-state index in [0.717, 1.165) is 32.1 Å². The van der Waals surface area contributed by atoms with Gasteiger partial charge in [-0.3, -0.25) is 9.59 Å². The Bertz CT molecular complexity index is 342. The molecular weight excluding hydrogens is 242 g/mol. The van der Waals surface area contributed by atoms with Crippen molar-refractivity contribution >= 4 is 11.8 Å². The van der Waals surface area contributed by atoms with Gasteiger partial charge in [0.25, 0.3) is 0 Å². The number of hydrogen-bond donors (Lipinski definition) is 1. The minimum Gasteiger partial charge on any atom is -0.359 e. The van der Waals surface area contributed by atoms with Crippen molar-refractivity contribution in [2.45, 2.75) is 26.2 Å². The van der Waals surface area contributed by atoms with E-state index in [-0.39, 0.29) is 17.7 Å². The lowest BCUT2D eigenvalue weighted by Crippen LogP contribution is -2.42. The summed E-state index contributed by atoms with van der Waals surface area (Å²) in [6, 6.07) is 0. The van der Waals surface area contributed by atoms with Crippen LogP contribution in [0.4, 0.5) is 0 Å². The van der Waals surface area contributed by atoms with Crippen LogP contribution in [-0.2, 0) is 9.59 Å². The number of carbonyl (C=O) groups excluding carboxylic acids is 2. The molecule has 0 aromatic heterocycles. The van der Waals surface area contributed by atoms with E-state index in [4.69, 9.17) is 0 Å². The van der Waals surface area contributed by atoms with Crippen LogP contribution < -0.4 is 5.32 Å². The fourth-order valence-corrected chi connectivity index (χ4v) is 2.94. The van der Waals surface area contributed by atoms with Gasteiger partial charge in [-0.1, -0.05) is 6.42 Å². The SMILES string of the molecule is CNC(=O)[C@H]1CN(CC2CCC2)CCN(C(C)=O)C1. The fourth-order valence-electron chi connectivity index (χ4n) is 2.94. The van der Waals surface area contributed by atoms with Crippen LogP contribution >= 0.6 is 0 Å². The van der Waals surface area contributed by atoms with E-state index in [9.17, 15) is 9.59 Å². The van der Waals surface area contributed by atoms with Crippen molar-refractivity contribution in [3.63, 3.8) is 0 Å². The Hall–Kier alpha value is -1.10. The van der Waals surface area contributed by atoms with Gasteiger partial charge in [-0.15, -0.1) is 0 Å². The largest absolute Gasteiger partial charge is 0.359 e. The molecule has 1 N–H and O–H groups in total. The fraction of sp³-hybridized carbons (Fsp3) is 0.857. The molecule has 0 unspecified atom stereocenters. The summed E-state index contributed by atoms with van der Waals surface area (Å²) in [6.07, 6.45) is 3.98. The van der Waals surface area contributed by atoms with Crippen molar-refractivity contribution in [2.75, 3.05) is 39.8 Å². The average Bonchev–Trinajstić information content (AvgIpc) is 2.55. The number of nitrogens with zero attached hydrogens (tertiary/aromatic N) is 2. The van der Waals surface area contributed by atoms with E-state index < -0.39 is 0 Å². The molecule has 1 aliphatic carbocycles. The lowest BCUT2D eigenvalue weighted by atomic mass is 9.85. The summed E-state index contributed by atoms with van der Waals surface area (Å²) in [5.74, 6) is 0.817. The summed E-state index contributed by atoms with van der Waals surface area (Å²) >= 11 is 0.